The van der Waals surface area contributed by atoms with E-state index in [2.05, 4.69) is 9.47 Å². The van der Waals surface area contributed by atoms with Crippen LogP contribution >= 0.6 is 23.5 Å². The van der Waals surface area contributed by atoms with Crippen LogP contribution in [0.2, 0.25) is 0 Å². The topological polar surface area (TPSA) is 35.5 Å². The number of ether oxygens (including phenoxy) is 2. The van der Waals surface area contributed by atoms with Gasteiger partial charge in [0.2, 0.25) is 0 Å². The number of thioether (sulfide) groups is 2. The standard InChI is InChI=1S/C7H10OS2.C4H10O2/c1-6(5-8)7-9-3-2-4-10-7;1-4(5-2)6-3/h5H,2-4H2,1H3;4H,1-3H3. The summed E-state index contributed by atoms with van der Waals surface area (Å²) in [5.74, 6) is 2.35. The van der Waals surface area contributed by atoms with E-state index in [9.17, 15) is 4.79 Å². The molecule has 0 saturated carbocycles. The van der Waals surface area contributed by atoms with Crippen LogP contribution in [-0.2, 0) is 14.3 Å². The summed E-state index contributed by atoms with van der Waals surface area (Å²) in [4.78, 5) is 10.3. The molecule has 1 fully saturated rings. The van der Waals surface area contributed by atoms with Crippen LogP contribution in [0, 0.1) is 0 Å². The lowest BCUT2D eigenvalue weighted by atomic mass is 10.4. The van der Waals surface area contributed by atoms with E-state index in [1.54, 1.807) is 14.2 Å². The van der Waals surface area contributed by atoms with Crippen LogP contribution in [0.1, 0.15) is 20.3 Å². The maximum atomic E-state index is 10.3. The fourth-order valence-corrected chi connectivity index (χ4v) is 3.32. The lowest BCUT2D eigenvalue weighted by molar-refractivity contribution is -0.104. The predicted octanol–water partition coefficient (Wildman–Crippen LogP) is 2.91. The first-order chi connectivity index (χ1) is 7.65. The van der Waals surface area contributed by atoms with E-state index in [0.29, 0.717) is 0 Å². The molecular formula is C11H20O3S2. The van der Waals surface area contributed by atoms with Gasteiger partial charge in [0.25, 0.3) is 0 Å². The Balaban J connectivity index is 0.000000325. The highest BCUT2D eigenvalue weighted by Gasteiger charge is 2.08. The van der Waals surface area contributed by atoms with Gasteiger partial charge in [-0.1, -0.05) is 0 Å². The van der Waals surface area contributed by atoms with Gasteiger partial charge in [0.05, 0.1) is 0 Å². The fourth-order valence-electron chi connectivity index (χ4n) is 0.802. The summed E-state index contributed by atoms with van der Waals surface area (Å²) < 4.78 is 10.6. The zero-order chi connectivity index (χ0) is 12.4. The summed E-state index contributed by atoms with van der Waals surface area (Å²) in [5, 5.41) is 0. The predicted molar refractivity (Wildman–Crippen MR) is 71.8 cm³/mol. The molecule has 1 heterocycles. The first kappa shape index (κ1) is 16.0. The Bertz CT molecular complexity index is 217. The van der Waals surface area contributed by atoms with Crippen LogP contribution in [0.15, 0.2) is 9.81 Å². The molecule has 94 valence electrons. The number of hydrogen-bond donors (Lipinski definition) is 0. The summed E-state index contributed by atoms with van der Waals surface area (Å²) in [7, 11) is 3.21. The molecule has 0 atom stereocenters. The molecule has 0 aromatic heterocycles. The van der Waals surface area contributed by atoms with E-state index in [1.807, 2.05) is 37.4 Å². The van der Waals surface area contributed by atoms with Gasteiger partial charge in [-0.05, 0) is 31.8 Å². The fraction of sp³-hybridized carbons (Fsp3) is 0.727. The van der Waals surface area contributed by atoms with Gasteiger partial charge in [0, 0.05) is 24.0 Å². The maximum absolute atomic E-state index is 10.3. The molecule has 0 amide bonds. The number of carbonyl (C=O) groups is 1. The van der Waals surface area contributed by atoms with Crippen molar-refractivity contribution in [1.29, 1.82) is 0 Å². The molecule has 1 aliphatic rings. The molecular weight excluding hydrogens is 244 g/mol. The molecule has 0 N–H and O–H groups in total. The molecule has 3 nitrogen and oxygen atoms in total. The third-order valence-corrected chi connectivity index (χ3v) is 4.78. The second kappa shape index (κ2) is 10.2. The molecule has 0 aromatic rings. The molecule has 0 bridgehead atoms. The lowest BCUT2D eigenvalue weighted by Gasteiger charge is -2.12. The number of allylic oxidation sites excluding steroid dienone is 1. The monoisotopic (exact) mass is 264 g/mol. The van der Waals surface area contributed by atoms with Crippen LogP contribution in [0.4, 0.5) is 0 Å². The lowest BCUT2D eigenvalue weighted by Crippen LogP contribution is -2.05. The van der Waals surface area contributed by atoms with Crippen molar-refractivity contribution in [3.8, 4) is 0 Å². The molecule has 5 heteroatoms. The summed E-state index contributed by atoms with van der Waals surface area (Å²) in [5.41, 5.74) is 0.898. The van der Waals surface area contributed by atoms with Crippen molar-refractivity contribution in [2.24, 2.45) is 0 Å². The molecule has 1 aliphatic heterocycles. The number of aldehydes is 1. The van der Waals surface area contributed by atoms with Crippen molar-refractivity contribution < 1.29 is 14.3 Å². The smallest absolute Gasteiger partial charge is 0.154 e. The molecule has 0 aliphatic carbocycles. The summed E-state index contributed by atoms with van der Waals surface area (Å²) in [6.07, 6.45) is 2.15. The minimum absolute atomic E-state index is 0.0648. The van der Waals surface area contributed by atoms with Crippen LogP contribution in [0.3, 0.4) is 0 Å². The highest BCUT2D eigenvalue weighted by Crippen LogP contribution is 2.36. The van der Waals surface area contributed by atoms with E-state index in [-0.39, 0.29) is 6.29 Å². The number of hydrogen-bond acceptors (Lipinski definition) is 5. The van der Waals surface area contributed by atoms with Crippen molar-refractivity contribution >= 4 is 29.8 Å². The SMILES string of the molecule is CC(C=O)=C1SCCCS1.COC(C)OC. The van der Waals surface area contributed by atoms with E-state index in [4.69, 9.17) is 0 Å². The Morgan fingerprint density at radius 3 is 2.12 bits per heavy atom. The van der Waals surface area contributed by atoms with E-state index in [1.165, 1.54) is 22.2 Å². The Morgan fingerprint density at radius 1 is 1.31 bits per heavy atom. The second-order valence-electron chi connectivity index (χ2n) is 3.18. The zero-order valence-electron chi connectivity index (χ0n) is 10.3. The molecule has 16 heavy (non-hydrogen) atoms. The largest absolute Gasteiger partial charge is 0.356 e. The summed E-state index contributed by atoms with van der Waals surface area (Å²) in [6, 6.07) is 0. The Hall–Kier alpha value is 0.0300. The minimum Gasteiger partial charge on any atom is -0.356 e. The van der Waals surface area contributed by atoms with Crippen molar-refractivity contribution in [1.82, 2.24) is 0 Å². The van der Waals surface area contributed by atoms with Gasteiger partial charge in [-0.25, -0.2) is 0 Å². The highest BCUT2D eigenvalue weighted by atomic mass is 32.2. The highest BCUT2D eigenvalue weighted by molar-refractivity contribution is 8.22. The minimum atomic E-state index is -0.0648. The van der Waals surface area contributed by atoms with E-state index >= 15 is 0 Å². The summed E-state index contributed by atoms with van der Waals surface area (Å²) in [6.45, 7) is 3.72. The number of carbonyl (C=O) groups excluding carboxylic acids is 1. The molecule has 0 unspecified atom stereocenters. The van der Waals surface area contributed by atoms with Gasteiger partial charge in [0.15, 0.2) is 6.29 Å². The molecule has 1 rings (SSSR count). The molecule has 0 spiro atoms. The van der Waals surface area contributed by atoms with Crippen molar-refractivity contribution in [2.45, 2.75) is 26.6 Å². The van der Waals surface area contributed by atoms with Crippen LogP contribution in [-0.4, -0.2) is 38.3 Å². The van der Waals surface area contributed by atoms with Gasteiger partial charge in [0.1, 0.15) is 6.29 Å². The van der Waals surface area contributed by atoms with Crippen LogP contribution in [0.5, 0.6) is 0 Å². The normalized spacial score (nSPS) is 15.4. The Morgan fingerprint density at radius 2 is 1.81 bits per heavy atom. The van der Waals surface area contributed by atoms with Gasteiger partial charge >= 0.3 is 0 Å². The maximum Gasteiger partial charge on any atom is 0.154 e. The van der Waals surface area contributed by atoms with Crippen molar-refractivity contribution in [3.05, 3.63) is 9.81 Å². The third-order valence-electron chi connectivity index (χ3n) is 1.92. The Kier molecular flexibility index (Phi) is 10.2. The molecule has 1 saturated heterocycles. The van der Waals surface area contributed by atoms with Crippen molar-refractivity contribution in [3.63, 3.8) is 0 Å². The third kappa shape index (κ3) is 7.33. The zero-order valence-corrected chi connectivity index (χ0v) is 12.0. The van der Waals surface area contributed by atoms with Crippen LogP contribution < -0.4 is 0 Å². The average molecular weight is 264 g/mol. The van der Waals surface area contributed by atoms with E-state index < -0.39 is 0 Å². The number of rotatable bonds is 3. The van der Waals surface area contributed by atoms with Gasteiger partial charge in [-0.15, -0.1) is 23.5 Å². The number of methoxy groups -OCH3 is 2. The first-order valence-corrected chi connectivity index (χ1v) is 7.10. The Labute approximate surface area is 106 Å². The van der Waals surface area contributed by atoms with Gasteiger partial charge in [-0.2, -0.15) is 0 Å². The molecule has 0 aromatic carbocycles. The van der Waals surface area contributed by atoms with Crippen molar-refractivity contribution in [2.75, 3.05) is 25.7 Å². The first-order valence-electron chi connectivity index (χ1n) is 5.13. The summed E-state index contributed by atoms with van der Waals surface area (Å²) >= 11 is 3.61. The quantitative estimate of drug-likeness (QED) is 0.445. The average Bonchev–Trinajstić information content (AvgIpc) is 2.38. The second-order valence-corrected chi connectivity index (χ2v) is 5.65. The van der Waals surface area contributed by atoms with E-state index in [0.717, 1.165) is 11.9 Å². The van der Waals surface area contributed by atoms with Crippen LogP contribution in [0.25, 0.3) is 0 Å². The molecule has 0 radical (unpaired) electrons. The van der Waals surface area contributed by atoms with Gasteiger partial charge in [-0.3, -0.25) is 4.79 Å². The van der Waals surface area contributed by atoms with Gasteiger partial charge < -0.3 is 9.47 Å².